The predicted octanol–water partition coefficient (Wildman–Crippen LogP) is 4.03. The van der Waals surface area contributed by atoms with E-state index in [0.29, 0.717) is 17.9 Å². The van der Waals surface area contributed by atoms with Gasteiger partial charge >= 0.3 is 5.97 Å². The van der Waals surface area contributed by atoms with Crippen molar-refractivity contribution in [3.63, 3.8) is 0 Å². The van der Waals surface area contributed by atoms with Gasteiger partial charge in [0, 0.05) is 5.69 Å². The number of carbonyl (C=O) groups is 2. The standard InChI is InChI=1S/C21H25NO4/c1-5-19(26-17-9-7-6-8-10-17)21(24)25-16(4)20(23)22-18-12-11-14(2)13-15(18)3/h6-13,16,19H,5H2,1-4H3,(H,22,23)/t16-,19+/m0/s1. The lowest BCUT2D eigenvalue weighted by atomic mass is 10.1. The molecule has 5 heteroatoms. The number of ether oxygens (including phenoxy) is 2. The largest absolute Gasteiger partial charge is 0.479 e. The topological polar surface area (TPSA) is 64.6 Å². The van der Waals surface area contributed by atoms with Crippen molar-refractivity contribution in [1.82, 2.24) is 0 Å². The van der Waals surface area contributed by atoms with Crippen LogP contribution in [0, 0.1) is 13.8 Å². The van der Waals surface area contributed by atoms with Crippen LogP contribution in [0.1, 0.15) is 31.4 Å². The molecule has 0 unspecified atom stereocenters. The van der Waals surface area contributed by atoms with E-state index in [1.54, 1.807) is 19.1 Å². The lowest BCUT2D eigenvalue weighted by Gasteiger charge is -2.20. The Hall–Kier alpha value is -2.82. The molecule has 0 aliphatic carbocycles. The van der Waals surface area contributed by atoms with Crippen molar-refractivity contribution in [2.45, 2.75) is 46.3 Å². The summed E-state index contributed by atoms with van der Waals surface area (Å²) < 4.78 is 10.9. The van der Waals surface area contributed by atoms with Crippen LogP contribution in [0.15, 0.2) is 48.5 Å². The highest BCUT2D eigenvalue weighted by Gasteiger charge is 2.25. The van der Waals surface area contributed by atoms with Gasteiger partial charge in [0.15, 0.2) is 12.2 Å². The molecule has 2 rings (SSSR count). The van der Waals surface area contributed by atoms with Crippen LogP contribution in [0.4, 0.5) is 5.69 Å². The summed E-state index contributed by atoms with van der Waals surface area (Å²) in [6, 6.07) is 14.8. The maximum atomic E-state index is 12.3. The SMILES string of the molecule is CC[C@@H](Oc1ccccc1)C(=O)O[C@@H](C)C(=O)Nc1ccc(C)cc1C. The molecule has 5 nitrogen and oxygen atoms in total. The Labute approximate surface area is 154 Å². The maximum Gasteiger partial charge on any atom is 0.348 e. The van der Waals surface area contributed by atoms with Gasteiger partial charge < -0.3 is 14.8 Å². The number of esters is 1. The van der Waals surface area contributed by atoms with Gasteiger partial charge in [-0.3, -0.25) is 4.79 Å². The molecule has 0 spiro atoms. The Morgan fingerprint density at radius 3 is 2.38 bits per heavy atom. The Morgan fingerprint density at radius 2 is 1.77 bits per heavy atom. The number of para-hydroxylation sites is 1. The zero-order chi connectivity index (χ0) is 19.1. The van der Waals surface area contributed by atoms with E-state index in [1.807, 2.05) is 57.2 Å². The van der Waals surface area contributed by atoms with E-state index in [1.165, 1.54) is 0 Å². The molecule has 0 saturated carbocycles. The van der Waals surface area contributed by atoms with Gasteiger partial charge in [0.1, 0.15) is 5.75 Å². The lowest BCUT2D eigenvalue weighted by molar-refractivity contribution is -0.160. The normalized spacial score (nSPS) is 12.8. The molecule has 0 fully saturated rings. The van der Waals surface area contributed by atoms with Crippen LogP contribution < -0.4 is 10.1 Å². The summed E-state index contributed by atoms with van der Waals surface area (Å²) in [6.45, 7) is 7.28. The number of amides is 1. The van der Waals surface area contributed by atoms with Gasteiger partial charge in [-0.05, 0) is 51.0 Å². The van der Waals surface area contributed by atoms with Crippen LogP contribution in [0.5, 0.6) is 5.75 Å². The number of carbonyl (C=O) groups excluding carboxylic acids is 2. The molecule has 0 saturated heterocycles. The number of anilines is 1. The Bertz CT molecular complexity index is 758. The molecule has 26 heavy (non-hydrogen) atoms. The number of hydrogen-bond donors (Lipinski definition) is 1. The van der Waals surface area contributed by atoms with Crippen LogP contribution >= 0.6 is 0 Å². The van der Waals surface area contributed by atoms with Crippen LogP contribution in [0.25, 0.3) is 0 Å². The third kappa shape index (κ3) is 5.34. The van der Waals surface area contributed by atoms with Gasteiger partial charge in [-0.1, -0.05) is 42.8 Å². The summed E-state index contributed by atoms with van der Waals surface area (Å²) >= 11 is 0. The van der Waals surface area contributed by atoms with Crippen LogP contribution in [0.2, 0.25) is 0 Å². The molecule has 2 atom stereocenters. The van der Waals surface area contributed by atoms with E-state index in [2.05, 4.69) is 5.32 Å². The molecule has 0 radical (unpaired) electrons. The third-order valence-corrected chi connectivity index (χ3v) is 3.96. The molecular formula is C21H25NO4. The van der Waals surface area contributed by atoms with Crippen molar-refractivity contribution in [2.24, 2.45) is 0 Å². The molecular weight excluding hydrogens is 330 g/mol. The summed E-state index contributed by atoms with van der Waals surface area (Å²) in [5.74, 6) is -0.344. The first-order valence-corrected chi connectivity index (χ1v) is 8.71. The van der Waals surface area contributed by atoms with Crippen molar-refractivity contribution in [2.75, 3.05) is 5.32 Å². The minimum Gasteiger partial charge on any atom is -0.479 e. The number of rotatable bonds is 7. The number of nitrogens with one attached hydrogen (secondary N) is 1. The maximum absolute atomic E-state index is 12.3. The zero-order valence-electron chi connectivity index (χ0n) is 15.6. The van der Waals surface area contributed by atoms with E-state index in [4.69, 9.17) is 9.47 Å². The molecule has 2 aromatic carbocycles. The van der Waals surface area contributed by atoms with Crippen LogP contribution in [0.3, 0.4) is 0 Å². The molecule has 2 aromatic rings. The molecule has 1 N–H and O–H groups in total. The summed E-state index contributed by atoms with van der Waals surface area (Å²) in [6.07, 6.45) is -1.23. The van der Waals surface area contributed by atoms with Crippen LogP contribution in [-0.4, -0.2) is 24.1 Å². The average molecular weight is 355 g/mol. The fraction of sp³-hybridized carbons (Fsp3) is 0.333. The molecule has 0 aromatic heterocycles. The third-order valence-electron chi connectivity index (χ3n) is 3.96. The van der Waals surface area contributed by atoms with E-state index in [9.17, 15) is 9.59 Å². The summed E-state index contributed by atoms with van der Waals surface area (Å²) in [5.41, 5.74) is 2.77. The number of benzene rings is 2. The highest BCUT2D eigenvalue weighted by Crippen LogP contribution is 2.17. The first-order chi connectivity index (χ1) is 12.4. The Balaban J connectivity index is 1.94. The molecule has 0 heterocycles. The second-order valence-corrected chi connectivity index (χ2v) is 6.21. The zero-order valence-corrected chi connectivity index (χ0v) is 15.6. The van der Waals surface area contributed by atoms with E-state index in [0.717, 1.165) is 11.1 Å². The predicted molar refractivity (Wildman–Crippen MR) is 101 cm³/mol. The fourth-order valence-corrected chi connectivity index (χ4v) is 2.45. The van der Waals surface area contributed by atoms with Gasteiger partial charge in [0.25, 0.3) is 5.91 Å². The first-order valence-electron chi connectivity index (χ1n) is 8.71. The van der Waals surface area contributed by atoms with Crippen molar-refractivity contribution in [3.05, 3.63) is 59.7 Å². The van der Waals surface area contributed by atoms with Crippen molar-refractivity contribution in [3.8, 4) is 5.75 Å². The molecule has 1 amide bonds. The van der Waals surface area contributed by atoms with E-state index in [-0.39, 0.29) is 5.91 Å². The minimum absolute atomic E-state index is 0.375. The van der Waals surface area contributed by atoms with E-state index < -0.39 is 18.2 Å². The first kappa shape index (κ1) is 19.5. The summed E-state index contributed by atoms with van der Waals surface area (Å²) in [4.78, 5) is 24.7. The van der Waals surface area contributed by atoms with Crippen molar-refractivity contribution in [1.29, 1.82) is 0 Å². The molecule has 138 valence electrons. The van der Waals surface area contributed by atoms with E-state index >= 15 is 0 Å². The second-order valence-electron chi connectivity index (χ2n) is 6.21. The van der Waals surface area contributed by atoms with Gasteiger partial charge in [-0.15, -0.1) is 0 Å². The summed E-state index contributed by atoms with van der Waals surface area (Å²) in [5, 5.41) is 2.79. The highest BCUT2D eigenvalue weighted by atomic mass is 16.6. The Morgan fingerprint density at radius 1 is 1.08 bits per heavy atom. The molecule has 0 aliphatic rings. The van der Waals surface area contributed by atoms with Gasteiger partial charge in [-0.25, -0.2) is 4.79 Å². The van der Waals surface area contributed by atoms with Gasteiger partial charge in [0.05, 0.1) is 0 Å². The van der Waals surface area contributed by atoms with Crippen molar-refractivity contribution >= 4 is 17.6 Å². The molecule has 0 bridgehead atoms. The second kappa shape index (κ2) is 9.04. The average Bonchev–Trinajstić information content (AvgIpc) is 2.62. The fourth-order valence-electron chi connectivity index (χ4n) is 2.45. The summed E-state index contributed by atoms with van der Waals surface area (Å²) in [7, 11) is 0. The number of aryl methyl sites for hydroxylation is 2. The molecule has 0 aliphatic heterocycles. The lowest BCUT2D eigenvalue weighted by Crippen LogP contribution is -2.36. The monoisotopic (exact) mass is 355 g/mol. The quantitative estimate of drug-likeness (QED) is 0.762. The smallest absolute Gasteiger partial charge is 0.348 e. The Kier molecular flexibility index (Phi) is 6.78. The van der Waals surface area contributed by atoms with Gasteiger partial charge in [-0.2, -0.15) is 0 Å². The van der Waals surface area contributed by atoms with Crippen molar-refractivity contribution < 1.29 is 19.1 Å². The highest BCUT2D eigenvalue weighted by molar-refractivity contribution is 5.95. The minimum atomic E-state index is -0.920. The van der Waals surface area contributed by atoms with Gasteiger partial charge in [0.2, 0.25) is 0 Å². The van der Waals surface area contributed by atoms with Crippen LogP contribution in [-0.2, 0) is 14.3 Å². The number of hydrogen-bond acceptors (Lipinski definition) is 4.